The lowest BCUT2D eigenvalue weighted by atomic mass is 9.98. The highest BCUT2D eigenvalue weighted by molar-refractivity contribution is 9.10. The predicted molar refractivity (Wildman–Crippen MR) is 87.9 cm³/mol. The first kappa shape index (κ1) is 16.3. The van der Waals surface area contributed by atoms with Gasteiger partial charge in [-0.1, -0.05) is 0 Å². The number of amides is 1. The van der Waals surface area contributed by atoms with Crippen molar-refractivity contribution in [2.24, 2.45) is 5.92 Å². The van der Waals surface area contributed by atoms with Gasteiger partial charge in [0, 0.05) is 17.6 Å². The van der Waals surface area contributed by atoms with Gasteiger partial charge < -0.3 is 15.0 Å². The van der Waals surface area contributed by atoms with Gasteiger partial charge in [-0.15, -0.1) is 0 Å². The van der Waals surface area contributed by atoms with E-state index in [0.717, 1.165) is 30.7 Å². The smallest absolute Gasteiger partial charge is 0.255 e. The van der Waals surface area contributed by atoms with Gasteiger partial charge in [-0.25, -0.2) is 0 Å². The zero-order chi connectivity index (χ0) is 15.2. The Morgan fingerprint density at radius 2 is 2.33 bits per heavy atom. The third-order valence-corrected chi connectivity index (χ3v) is 4.64. The zero-order valence-electron chi connectivity index (χ0n) is 12.7. The summed E-state index contributed by atoms with van der Waals surface area (Å²) in [6.45, 7) is 5.66. The first-order chi connectivity index (χ1) is 10.2. The average Bonchev–Trinajstić information content (AvgIpc) is 2.53. The van der Waals surface area contributed by atoms with Crippen molar-refractivity contribution in [1.82, 2.24) is 10.2 Å². The molecule has 2 rings (SSSR count). The number of methoxy groups -OCH3 is 1. The van der Waals surface area contributed by atoms with Crippen molar-refractivity contribution in [3.05, 3.63) is 28.2 Å². The second-order valence-electron chi connectivity index (χ2n) is 5.40. The van der Waals surface area contributed by atoms with Crippen molar-refractivity contribution in [3.8, 4) is 5.75 Å². The van der Waals surface area contributed by atoms with E-state index >= 15 is 0 Å². The van der Waals surface area contributed by atoms with Gasteiger partial charge in [0.05, 0.1) is 12.7 Å². The van der Waals surface area contributed by atoms with Crippen LogP contribution in [0, 0.1) is 5.92 Å². The largest absolute Gasteiger partial charge is 0.497 e. The van der Waals surface area contributed by atoms with Gasteiger partial charge in [-0.2, -0.15) is 0 Å². The summed E-state index contributed by atoms with van der Waals surface area (Å²) in [5.41, 5.74) is 0.667. The molecule has 1 fully saturated rings. The highest BCUT2D eigenvalue weighted by Gasteiger charge is 2.22. The zero-order valence-corrected chi connectivity index (χ0v) is 14.3. The molecule has 0 radical (unpaired) electrons. The van der Waals surface area contributed by atoms with Gasteiger partial charge >= 0.3 is 0 Å². The number of benzene rings is 1. The molecule has 116 valence electrons. The molecule has 0 saturated carbocycles. The Hall–Kier alpha value is -1.07. The maximum atomic E-state index is 12.8. The molecule has 4 nitrogen and oxygen atoms in total. The summed E-state index contributed by atoms with van der Waals surface area (Å²) in [6, 6.07) is 5.51. The minimum absolute atomic E-state index is 0.0637. The van der Waals surface area contributed by atoms with E-state index in [1.165, 1.54) is 12.8 Å². The molecule has 1 aromatic carbocycles. The Labute approximate surface area is 135 Å². The molecule has 1 aromatic rings. The number of nitrogens with zero attached hydrogens (tertiary/aromatic N) is 1. The molecule has 1 aliphatic heterocycles. The number of ether oxygens (including phenoxy) is 1. The highest BCUT2D eigenvalue weighted by atomic mass is 79.9. The van der Waals surface area contributed by atoms with E-state index in [0.29, 0.717) is 17.2 Å². The van der Waals surface area contributed by atoms with Crippen molar-refractivity contribution < 1.29 is 9.53 Å². The number of carbonyl (C=O) groups is 1. The SMILES string of the molecule is CCN(CC1CCCNC1)C(=O)c1cc(OC)ccc1Br. The lowest BCUT2D eigenvalue weighted by Crippen LogP contribution is -2.41. The van der Waals surface area contributed by atoms with Crippen molar-refractivity contribution in [2.75, 3.05) is 33.3 Å². The summed E-state index contributed by atoms with van der Waals surface area (Å²) in [6.07, 6.45) is 2.38. The lowest BCUT2D eigenvalue weighted by Gasteiger charge is -2.29. The van der Waals surface area contributed by atoms with Crippen molar-refractivity contribution >= 4 is 21.8 Å². The molecule has 21 heavy (non-hydrogen) atoms. The monoisotopic (exact) mass is 354 g/mol. The van der Waals surface area contributed by atoms with Crippen LogP contribution < -0.4 is 10.1 Å². The summed E-state index contributed by atoms with van der Waals surface area (Å²) < 4.78 is 6.04. The maximum absolute atomic E-state index is 12.8. The fourth-order valence-electron chi connectivity index (χ4n) is 2.71. The van der Waals surface area contributed by atoms with Crippen LogP contribution in [0.3, 0.4) is 0 Å². The molecule has 1 unspecified atom stereocenters. The van der Waals surface area contributed by atoms with Crippen LogP contribution in [0.25, 0.3) is 0 Å². The van der Waals surface area contributed by atoms with Crippen LogP contribution in [0.15, 0.2) is 22.7 Å². The molecule has 1 N–H and O–H groups in total. The molecule has 1 atom stereocenters. The van der Waals surface area contributed by atoms with Gasteiger partial charge in [-0.3, -0.25) is 4.79 Å². The molecule has 5 heteroatoms. The topological polar surface area (TPSA) is 41.6 Å². The third-order valence-electron chi connectivity index (χ3n) is 3.95. The van der Waals surface area contributed by atoms with Gasteiger partial charge in [-0.05, 0) is 72.9 Å². The Morgan fingerprint density at radius 3 is 2.95 bits per heavy atom. The molecule has 0 spiro atoms. The molecule has 1 aliphatic rings. The third kappa shape index (κ3) is 4.20. The second-order valence-corrected chi connectivity index (χ2v) is 6.26. The van der Waals surface area contributed by atoms with Gasteiger partial charge in [0.2, 0.25) is 0 Å². The van der Waals surface area contributed by atoms with Crippen LogP contribution in [-0.4, -0.2) is 44.1 Å². The quantitative estimate of drug-likeness (QED) is 0.883. The van der Waals surface area contributed by atoms with Gasteiger partial charge in [0.15, 0.2) is 0 Å². The van der Waals surface area contributed by atoms with E-state index in [1.807, 2.05) is 24.0 Å². The Bertz CT molecular complexity index is 487. The molecular weight excluding hydrogens is 332 g/mol. The van der Waals surface area contributed by atoms with Crippen LogP contribution in [0.5, 0.6) is 5.75 Å². The van der Waals surface area contributed by atoms with E-state index < -0.39 is 0 Å². The molecular formula is C16H23BrN2O2. The van der Waals surface area contributed by atoms with Crippen LogP contribution >= 0.6 is 15.9 Å². The first-order valence-electron chi connectivity index (χ1n) is 7.49. The van der Waals surface area contributed by atoms with Crippen molar-refractivity contribution in [3.63, 3.8) is 0 Å². The van der Waals surface area contributed by atoms with Crippen LogP contribution in [0.1, 0.15) is 30.1 Å². The van der Waals surface area contributed by atoms with Gasteiger partial charge in [0.1, 0.15) is 5.75 Å². The Balaban J connectivity index is 2.11. The molecule has 0 bridgehead atoms. The summed E-state index contributed by atoms with van der Waals surface area (Å²) in [5, 5.41) is 3.41. The first-order valence-corrected chi connectivity index (χ1v) is 8.28. The van der Waals surface area contributed by atoms with Crippen molar-refractivity contribution in [1.29, 1.82) is 0 Å². The van der Waals surface area contributed by atoms with E-state index in [-0.39, 0.29) is 5.91 Å². The summed E-state index contributed by atoms with van der Waals surface area (Å²) in [5.74, 6) is 1.32. The summed E-state index contributed by atoms with van der Waals surface area (Å²) in [7, 11) is 1.61. The van der Waals surface area contributed by atoms with E-state index in [1.54, 1.807) is 13.2 Å². The fourth-order valence-corrected chi connectivity index (χ4v) is 3.13. The average molecular weight is 355 g/mol. The maximum Gasteiger partial charge on any atom is 0.255 e. The fraction of sp³-hybridized carbons (Fsp3) is 0.562. The van der Waals surface area contributed by atoms with E-state index in [2.05, 4.69) is 21.2 Å². The number of carbonyl (C=O) groups excluding carboxylic acids is 1. The number of hydrogen-bond acceptors (Lipinski definition) is 3. The molecule has 0 aliphatic carbocycles. The van der Waals surface area contributed by atoms with Crippen LogP contribution in [-0.2, 0) is 0 Å². The molecule has 1 saturated heterocycles. The number of rotatable bonds is 5. The normalized spacial score (nSPS) is 18.3. The van der Waals surface area contributed by atoms with E-state index in [4.69, 9.17) is 4.74 Å². The summed E-state index contributed by atoms with van der Waals surface area (Å²) in [4.78, 5) is 14.7. The Kier molecular flexibility index (Phi) is 6.06. The summed E-state index contributed by atoms with van der Waals surface area (Å²) >= 11 is 3.47. The molecule has 1 heterocycles. The van der Waals surface area contributed by atoms with Crippen molar-refractivity contribution in [2.45, 2.75) is 19.8 Å². The van der Waals surface area contributed by atoms with Gasteiger partial charge in [0.25, 0.3) is 5.91 Å². The lowest BCUT2D eigenvalue weighted by molar-refractivity contribution is 0.0728. The van der Waals surface area contributed by atoms with Crippen LogP contribution in [0.4, 0.5) is 0 Å². The van der Waals surface area contributed by atoms with E-state index in [9.17, 15) is 4.79 Å². The predicted octanol–water partition coefficient (Wildman–Crippen LogP) is 2.92. The number of nitrogens with one attached hydrogen (secondary N) is 1. The second kappa shape index (κ2) is 7.80. The minimum Gasteiger partial charge on any atom is -0.497 e. The minimum atomic E-state index is 0.0637. The number of halogens is 1. The molecule has 1 amide bonds. The van der Waals surface area contributed by atoms with Crippen LogP contribution in [0.2, 0.25) is 0 Å². The molecule has 0 aromatic heterocycles. The highest BCUT2D eigenvalue weighted by Crippen LogP contribution is 2.24. The standard InChI is InChI=1S/C16H23BrN2O2/c1-3-19(11-12-5-4-8-18-10-12)16(20)14-9-13(21-2)6-7-15(14)17/h6-7,9,12,18H,3-5,8,10-11H2,1-2H3. The number of hydrogen-bond donors (Lipinski definition) is 1. The Morgan fingerprint density at radius 1 is 1.52 bits per heavy atom. The number of piperidine rings is 1.